The lowest BCUT2D eigenvalue weighted by Gasteiger charge is -2.32. The highest BCUT2D eigenvalue weighted by atomic mass is 15.2. The average Bonchev–Trinajstić information content (AvgIpc) is 3.20. The fourth-order valence-electron chi connectivity index (χ4n) is 3.40. The molecule has 1 aliphatic rings. The van der Waals surface area contributed by atoms with Crippen molar-refractivity contribution in [2.45, 2.75) is 19.8 Å². The van der Waals surface area contributed by atoms with E-state index in [1.165, 1.54) is 12.8 Å². The Morgan fingerprint density at radius 3 is 2.58 bits per heavy atom. The topological polar surface area (TPSA) is 62.1 Å². The molecule has 0 amide bonds. The number of hydrogen-bond acceptors (Lipinski definition) is 4. The average molecular weight is 320 g/mol. The minimum atomic E-state index is 0.626. The number of aromatic nitrogens is 4. The molecule has 0 aromatic carbocycles. The first kappa shape index (κ1) is 14.8. The minimum Gasteiger partial charge on any atom is -0.370 e. The Hall–Kier alpha value is -2.81. The van der Waals surface area contributed by atoms with E-state index in [-0.39, 0.29) is 0 Å². The predicted octanol–water partition coefficient (Wildman–Crippen LogP) is 2.84. The van der Waals surface area contributed by atoms with Crippen molar-refractivity contribution < 1.29 is 0 Å². The molecule has 24 heavy (non-hydrogen) atoms. The molecule has 1 aliphatic heterocycles. The third-order valence-electron chi connectivity index (χ3n) is 4.87. The van der Waals surface area contributed by atoms with Gasteiger partial charge in [0.25, 0.3) is 0 Å². The van der Waals surface area contributed by atoms with E-state index in [1.54, 1.807) is 10.9 Å². The first-order chi connectivity index (χ1) is 11.7. The van der Waals surface area contributed by atoms with Crippen LogP contribution in [0, 0.1) is 17.2 Å². The molecule has 6 nitrogen and oxygen atoms in total. The number of aryl methyl sites for hydroxylation is 1. The summed E-state index contributed by atoms with van der Waals surface area (Å²) in [5.41, 5.74) is 4.75. The van der Waals surface area contributed by atoms with Gasteiger partial charge in [0.1, 0.15) is 11.6 Å². The van der Waals surface area contributed by atoms with Gasteiger partial charge in [-0.1, -0.05) is 6.92 Å². The van der Waals surface area contributed by atoms with Crippen LogP contribution in [0.25, 0.3) is 16.6 Å². The van der Waals surface area contributed by atoms with Crippen molar-refractivity contribution in [2.75, 3.05) is 18.0 Å². The zero-order valence-corrected chi connectivity index (χ0v) is 14.0. The molecule has 122 valence electrons. The summed E-state index contributed by atoms with van der Waals surface area (Å²) in [7, 11) is 1.91. The quantitative estimate of drug-likeness (QED) is 0.728. The smallest absolute Gasteiger partial charge is 0.107 e. The van der Waals surface area contributed by atoms with E-state index in [0.717, 1.165) is 41.3 Å². The monoisotopic (exact) mass is 320 g/mol. The summed E-state index contributed by atoms with van der Waals surface area (Å²) in [4.78, 5) is 2.39. The molecule has 0 aliphatic carbocycles. The van der Waals surface area contributed by atoms with Crippen molar-refractivity contribution in [1.29, 1.82) is 5.26 Å². The van der Waals surface area contributed by atoms with E-state index in [0.29, 0.717) is 5.56 Å². The van der Waals surface area contributed by atoms with Crippen LogP contribution < -0.4 is 4.90 Å². The predicted molar refractivity (Wildman–Crippen MR) is 92.7 cm³/mol. The zero-order chi connectivity index (χ0) is 16.7. The summed E-state index contributed by atoms with van der Waals surface area (Å²) in [5.74, 6) is 0.763. The molecule has 0 saturated carbocycles. The first-order valence-corrected chi connectivity index (χ1v) is 8.31. The van der Waals surface area contributed by atoms with Gasteiger partial charge in [-0.15, -0.1) is 0 Å². The molecular formula is C18H20N6. The maximum Gasteiger partial charge on any atom is 0.107 e. The molecule has 6 heteroatoms. The maximum atomic E-state index is 9.44. The fourth-order valence-corrected chi connectivity index (χ4v) is 3.40. The second-order valence-corrected chi connectivity index (χ2v) is 6.65. The number of rotatable bonds is 2. The van der Waals surface area contributed by atoms with Gasteiger partial charge < -0.3 is 4.90 Å². The van der Waals surface area contributed by atoms with E-state index in [4.69, 9.17) is 0 Å². The number of piperidine rings is 1. The lowest BCUT2D eigenvalue weighted by molar-refractivity contribution is 0.439. The second kappa shape index (κ2) is 5.68. The summed E-state index contributed by atoms with van der Waals surface area (Å²) in [6.07, 6.45) is 9.84. The van der Waals surface area contributed by atoms with Crippen LogP contribution in [0.3, 0.4) is 0 Å². The second-order valence-electron chi connectivity index (χ2n) is 6.65. The highest BCUT2D eigenvalue weighted by Crippen LogP contribution is 2.33. The van der Waals surface area contributed by atoms with Gasteiger partial charge in [0, 0.05) is 43.7 Å². The van der Waals surface area contributed by atoms with Gasteiger partial charge >= 0.3 is 0 Å². The van der Waals surface area contributed by atoms with Crippen LogP contribution in [0.15, 0.2) is 30.9 Å². The number of hydrogen-bond donors (Lipinski definition) is 0. The highest BCUT2D eigenvalue weighted by Gasteiger charge is 2.21. The van der Waals surface area contributed by atoms with Crippen LogP contribution in [0.1, 0.15) is 25.3 Å². The normalized spacial score (nSPS) is 15.8. The molecule has 0 bridgehead atoms. The summed E-state index contributed by atoms with van der Waals surface area (Å²) >= 11 is 0. The number of pyridine rings is 1. The summed E-state index contributed by atoms with van der Waals surface area (Å²) in [6, 6.07) is 4.45. The van der Waals surface area contributed by atoms with Gasteiger partial charge in [-0.05, 0) is 24.8 Å². The SMILES string of the molecule is CC1CCN(c2cc(-c3cnn(C)c3)cn3ncc(C#N)c23)CC1. The zero-order valence-electron chi connectivity index (χ0n) is 14.0. The van der Waals surface area contributed by atoms with Crippen LogP contribution in [0.2, 0.25) is 0 Å². The summed E-state index contributed by atoms with van der Waals surface area (Å²) in [6.45, 7) is 4.34. The molecule has 4 rings (SSSR count). The number of nitriles is 1. The highest BCUT2D eigenvalue weighted by molar-refractivity contribution is 5.83. The summed E-state index contributed by atoms with van der Waals surface area (Å²) < 4.78 is 3.62. The van der Waals surface area contributed by atoms with Crippen LogP contribution in [-0.4, -0.2) is 32.5 Å². The third-order valence-corrected chi connectivity index (χ3v) is 4.87. The van der Waals surface area contributed by atoms with Crippen molar-refractivity contribution in [3.8, 4) is 17.2 Å². The van der Waals surface area contributed by atoms with Crippen molar-refractivity contribution in [1.82, 2.24) is 19.4 Å². The molecule has 1 fully saturated rings. The van der Waals surface area contributed by atoms with Crippen LogP contribution >= 0.6 is 0 Å². The molecule has 0 spiro atoms. The molecule has 1 saturated heterocycles. The van der Waals surface area contributed by atoms with Gasteiger partial charge in [0.05, 0.1) is 23.6 Å². The number of fused-ring (bicyclic) bond motifs is 1. The lowest BCUT2D eigenvalue weighted by atomic mass is 9.98. The number of nitrogens with zero attached hydrogens (tertiary/aromatic N) is 6. The molecule has 0 radical (unpaired) electrons. The maximum absolute atomic E-state index is 9.44. The van der Waals surface area contributed by atoms with Gasteiger partial charge in [-0.2, -0.15) is 15.5 Å². The van der Waals surface area contributed by atoms with Crippen molar-refractivity contribution in [3.05, 3.63) is 36.4 Å². The van der Waals surface area contributed by atoms with Crippen molar-refractivity contribution in [2.24, 2.45) is 13.0 Å². The van der Waals surface area contributed by atoms with Gasteiger partial charge in [0.2, 0.25) is 0 Å². The largest absolute Gasteiger partial charge is 0.370 e. The van der Waals surface area contributed by atoms with Crippen LogP contribution in [0.4, 0.5) is 5.69 Å². The van der Waals surface area contributed by atoms with Crippen LogP contribution in [-0.2, 0) is 7.05 Å². The molecular weight excluding hydrogens is 300 g/mol. The Kier molecular flexibility index (Phi) is 3.49. The molecule has 3 aromatic rings. The molecule has 4 heterocycles. The molecule has 0 N–H and O–H groups in total. The lowest BCUT2D eigenvalue weighted by Crippen LogP contribution is -2.33. The van der Waals surface area contributed by atoms with E-state index in [1.807, 2.05) is 30.2 Å². The minimum absolute atomic E-state index is 0.626. The van der Waals surface area contributed by atoms with Gasteiger partial charge in [0.15, 0.2) is 0 Å². The van der Waals surface area contributed by atoms with E-state index in [9.17, 15) is 5.26 Å². The van der Waals surface area contributed by atoms with Crippen LogP contribution in [0.5, 0.6) is 0 Å². The Balaban J connectivity index is 1.88. The standard InChI is InChI=1S/C18H20N6/c1-13-3-5-23(6-4-13)17-7-14(16-10-20-22(2)11-16)12-24-18(17)15(8-19)9-21-24/h7,9-13H,3-6H2,1-2H3. The van der Waals surface area contributed by atoms with Crippen molar-refractivity contribution >= 4 is 11.2 Å². The Bertz CT molecular complexity index is 921. The van der Waals surface area contributed by atoms with Crippen molar-refractivity contribution in [3.63, 3.8) is 0 Å². The third kappa shape index (κ3) is 2.42. The Morgan fingerprint density at radius 1 is 1.12 bits per heavy atom. The van der Waals surface area contributed by atoms with E-state index >= 15 is 0 Å². The molecule has 0 atom stereocenters. The van der Waals surface area contributed by atoms with Gasteiger partial charge in [-0.3, -0.25) is 4.68 Å². The molecule has 3 aromatic heterocycles. The number of anilines is 1. The van der Waals surface area contributed by atoms with Gasteiger partial charge in [-0.25, -0.2) is 4.52 Å². The van der Waals surface area contributed by atoms with E-state index in [2.05, 4.69) is 34.2 Å². The summed E-state index contributed by atoms with van der Waals surface area (Å²) in [5, 5.41) is 18.1. The fraction of sp³-hybridized carbons (Fsp3) is 0.389. The Labute approximate surface area is 140 Å². The first-order valence-electron chi connectivity index (χ1n) is 8.31. The van der Waals surface area contributed by atoms with E-state index < -0.39 is 0 Å². The Morgan fingerprint density at radius 2 is 1.92 bits per heavy atom. The molecule has 0 unspecified atom stereocenters.